The SMILES string of the molecule is O[C@@H]1C[C@H]2CN(c3noc(C4CCC4)n3)C[C@H]2C[C@H]1n1cccn1. The van der Waals surface area contributed by atoms with Crippen molar-refractivity contribution in [2.45, 2.75) is 50.2 Å². The van der Waals surface area contributed by atoms with Crippen LogP contribution in [0.3, 0.4) is 0 Å². The quantitative estimate of drug-likeness (QED) is 0.927. The van der Waals surface area contributed by atoms with Gasteiger partial charge in [0.25, 0.3) is 5.95 Å². The summed E-state index contributed by atoms with van der Waals surface area (Å²) in [6.45, 7) is 1.86. The minimum atomic E-state index is -0.332. The number of nitrogens with zero attached hydrogens (tertiary/aromatic N) is 5. The van der Waals surface area contributed by atoms with E-state index in [4.69, 9.17) is 4.52 Å². The number of aliphatic hydroxyl groups excluding tert-OH is 1. The van der Waals surface area contributed by atoms with Gasteiger partial charge in [-0.2, -0.15) is 10.1 Å². The molecule has 7 heteroatoms. The zero-order valence-corrected chi connectivity index (χ0v) is 13.7. The number of anilines is 1. The Hall–Kier alpha value is -1.89. The lowest BCUT2D eigenvalue weighted by atomic mass is 9.77. The summed E-state index contributed by atoms with van der Waals surface area (Å²) in [6.07, 6.45) is 8.78. The standard InChI is InChI=1S/C17H23N5O2/c23-15-8-13-10-21(17-19-16(24-20-17)11-3-1-4-11)9-12(13)7-14(15)22-6-2-5-18-22/h2,5-6,11-15,23H,1,3-4,7-10H2/t12-,13+,14-,15-/m1/s1. The lowest BCUT2D eigenvalue weighted by Crippen LogP contribution is -2.36. The van der Waals surface area contributed by atoms with E-state index in [2.05, 4.69) is 20.1 Å². The molecule has 2 saturated carbocycles. The molecule has 0 radical (unpaired) electrons. The number of hydrogen-bond acceptors (Lipinski definition) is 6. The number of aromatic nitrogens is 4. The van der Waals surface area contributed by atoms with Crippen LogP contribution in [0, 0.1) is 11.8 Å². The predicted octanol–water partition coefficient (Wildman–Crippen LogP) is 1.98. The van der Waals surface area contributed by atoms with Crippen LogP contribution in [-0.4, -0.2) is 44.2 Å². The van der Waals surface area contributed by atoms with Crippen LogP contribution < -0.4 is 4.90 Å². The van der Waals surface area contributed by atoms with E-state index in [9.17, 15) is 5.11 Å². The molecule has 2 aromatic heterocycles. The summed E-state index contributed by atoms with van der Waals surface area (Å²) in [5, 5.41) is 19.1. The Bertz CT molecular complexity index is 696. The van der Waals surface area contributed by atoms with Crippen molar-refractivity contribution in [1.82, 2.24) is 19.9 Å². The Kier molecular flexibility index (Phi) is 3.36. The lowest BCUT2D eigenvalue weighted by Gasteiger charge is -2.35. The van der Waals surface area contributed by atoms with Gasteiger partial charge in [-0.3, -0.25) is 4.68 Å². The Morgan fingerprint density at radius 2 is 2.00 bits per heavy atom. The summed E-state index contributed by atoms with van der Waals surface area (Å²) >= 11 is 0. The summed E-state index contributed by atoms with van der Waals surface area (Å²) < 4.78 is 7.38. The molecule has 0 unspecified atom stereocenters. The van der Waals surface area contributed by atoms with Crippen molar-refractivity contribution < 1.29 is 9.63 Å². The maximum atomic E-state index is 10.5. The van der Waals surface area contributed by atoms with E-state index in [1.54, 1.807) is 6.20 Å². The zero-order chi connectivity index (χ0) is 16.1. The highest BCUT2D eigenvalue weighted by atomic mass is 16.5. The van der Waals surface area contributed by atoms with Crippen molar-refractivity contribution in [1.29, 1.82) is 0 Å². The van der Waals surface area contributed by atoms with Crippen LogP contribution in [0.25, 0.3) is 0 Å². The van der Waals surface area contributed by atoms with E-state index in [-0.39, 0.29) is 12.1 Å². The molecule has 0 bridgehead atoms. The smallest absolute Gasteiger partial charge is 0.266 e. The van der Waals surface area contributed by atoms with E-state index in [1.807, 2.05) is 16.9 Å². The molecule has 1 N–H and O–H groups in total. The van der Waals surface area contributed by atoms with Gasteiger partial charge >= 0.3 is 0 Å². The Labute approximate surface area is 140 Å². The van der Waals surface area contributed by atoms with Crippen LogP contribution in [0.15, 0.2) is 23.0 Å². The number of hydrogen-bond donors (Lipinski definition) is 1. The molecule has 128 valence electrons. The number of rotatable bonds is 3. The van der Waals surface area contributed by atoms with E-state index >= 15 is 0 Å². The van der Waals surface area contributed by atoms with Gasteiger partial charge < -0.3 is 14.5 Å². The monoisotopic (exact) mass is 329 g/mol. The number of fused-ring (bicyclic) bond motifs is 1. The van der Waals surface area contributed by atoms with Crippen LogP contribution in [0.4, 0.5) is 5.95 Å². The molecule has 2 aromatic rings. The summed E-state index contributed by atoms with van der Waals surface area (Å²) in [5.41, 5.74) is 0. The average molecular weight is 329 g/mol. The van der Waals surface area contributed by atoms with Crippen molar-refractivity contribution >= 4 is 5.95 Å². The molecule has 5 rings (SSSR count). The van der Waals surface area contributed by atoms with Crippen molar-refractivity contribution in [2.75, 3.05) is 18.0 Å². The molecular weight excluding hydrogens is 306 g/mol. The summed E-state index contributed by atoms with van der Waals surface area (Å²) in [6, 6.07) is 2.00. The third-order valence-corrected chi connectivity index (χ3v) is 6.14. The minimum absolute atomic E-state index is 0.0806. The highest BCUT2D eigenvalue weighted by Gasteiger charge is 2.43. The first-order chi connectivity index (χ1) is 11.8. The third kappa shape index (κ3) is 2.33. The highest BCUT2D eigenvalue weighted by Crippen LogP contribution is 2.42. The molecule has 0 spiro atoms. The largest absolute Gasteiger partial charge is 0.391 e. The predicted molar refractivity (Wildman–Crippen MR) is 86.6 cm³/mol. The Morgan fingerprint density at radius 3 is 2.71 bits per heavy atom. The summed E-state index contributed by atoms with van der Waals surface area (Å²) in [4.78, 5) is 6.86. The van der Waals surface area contributed by atoms with Crippen LogP contribution in [0.5, 0.6) is 0 Å². The second-order valence-corrected chi connectivity index (χ2v) is 7.58. The molecule has 7 nitrogen and oxygen atoms in total. The molecule has 0 aromatic carbocycles. The van der Waals surface area contributed by atoms with Crippen LogP contribution in [0.1, 0.15) is 50.0 Å². The molecule has 24 heavy (non-hydrogen) atoms. The van der Waals surface area contributed by atoms with E-state index < -0.39 is 0 Å². The highest BCUT2D eigenvalue weighted by molar-refractivity contribution is 5.31. The molecule has 3 aliphatic rings. The Balaban J connectivity index is 1.30. The van der Waals surface area contributed by atoms with Crippen LogP contribution in [-0.2, 0) is 0 Å². The van der Waals surface area contributed by atoms with Crippen LogP contribution in [0.2, 0.25) is 0 Å². The minimum Gasteiger partial charge on any atom is -0.391 e. The molecular formula is C17H23N5O2. The fourth-order valence-corrected chi connectivity index (χ4v) is 4.51. The summed E-state index contributed by atoms with van der Waals surface area (Å²) in [7, 11) is 0. The molecule has 3 heterocycles. The molecule has 2 aliphatic carbocycles. The molecule has 0 amide bonds. The maximum absolute atomic E-state index is 10.5. The normalized spacial score (nSPS) is 33.5. The lowest BCUT2D eigenvalue weighted by molar-refractivity contribution is 0.0306. The van der Waals surface area contributed by atoms with Crippen molar-refractivity contribution in [3.8, 4) is 0 Å². The van der Waals surface area contributed by atoms with Gasteiger partial charge in [0.2, 0.25) is 5.89 Å². The molecule has 4 atom stereocenters. The zero-order valence-electron chi connectivity index (χ0n) is 13.7. The fourth-order valence-electron chi connectivity index (χ4n) is 4.51. The van der Waals surface area contributed by atoms with Gasteiger partial charge in [0, 0.05) is 31.4 Å². The van der Waals surface area contributed by atoms with Gasteiger partial charge in [-0.25, -0.2) is 0 Å². The number of aliphatic hydroxyl groups is 1. The molecule has 1 aliphatic heterocycles. The van der Waals surface area contributed by atoms with Crippen molar-refractivity contribution in [3.63, 3.8) is 0 Å². The maximum Gasteiger partial charge on any atom is 0.266 e. The Morgan fingerprint density at radius 1 is 1.17 bits per heavy atom. The topological polar surface area (TPSA) is 80.2 Å². The first kappa shape index (κ1) is 14.5. The van der Waals surface area contributed by atoms with Gasteiger partial charge in [-0.05, 0) is 48.7 Å². The van der Waals surface area contributed by atoms with Gasteiger partial charge in [-0.15, -0.1) is 0 Å². The summed E-state index contributed by atoms with van der Waals surface area (Å²) in [5.74, 6) is 3.06. The first-order valence-electron chi connectivity index (χ1n) is 9.03. The third-order valence-electron chi connectivity index (χ3n) is 6.14. The van der Waals surface area contributed by atoms with Crippen molar-refractivity contribution in [3.05, 3.63) is 24.4 Å². The second kappa shape index (κ2) is 5.58. The van der Waals surface area contributed by atoms with Gasteiger partial charge in [0.05, 0.1) is 12.1 Å². The van der Waals surface area contributed by atoms with Gasteiger partial charge in [0.1, 0.15) is 0 Å². The van der Waals surface area contributed by atoms with E-state index in [1.165, 1.54) is 19.3 Å². The van der Waals surface area contributed by atoms with E-state index in [0.717, 1.165) is 37.8 Å². The average Bonchev–Trinajstić information content (AvgIpc) is 3.24. The van der Waals surface area contributed by atoms with Gasteiger partial charge in [0.15, 0.2) is 0 Å². The second-order valence-electron chi connectivity index (χ2n) is 7.58. The fraction of sp³-hybridized carbons (Fsp3) is 0.706. The van der Waals surface area contributed by atoms with E-state index in [0.29, 0.717) is 17.8 Å². The first-order valence-corrected chi connectivity index (χ1v) is 9.03. The van der Waals surface area contributed by atoms with Crippen molar-refractivity contribution in [2.24, 2.45) is 11.8 Å². The molecule has 3 fully saturated rings. The van der Waals surface area contributed by atoms with Gasteiger partial charge in [-0.1, -0.05) is 6.42 Å². The molecule has 1 saturated heterocycles. The van der Waals surface area contributed by atoms with Crippen LogP contribution >= 0.6 is 0 Å².